The first-order valence-electron chi connectivity index (χ1n) is 3.11. The second-order valence-corrected chi connectivity index (χ2v) is 2.22. The predicted octanol–water partition coefficient (Wildman–Crippen LogP) is -0.739. The summed E-state index contributed by atoms with van der Waals surface area (Å²) in [5, 5.41) is 11.0. The quantitative estimate of drug-likeness (QED) is 0.465. The summed E-state index contributed by atoms with van der Waals surface area (Å²) in [6.07, 6.45) is 0.803. The van der Waals surface area contributed by atoms with Crippen molar-refractivity contribution in [1.29, 1.82) is 0 Å². The third kappa shape index (κ3) is 1.78. The third-order valence-electron chi connectivity index (χ3n) is 1.23. The molecule has 0 aromatic heterocycles. The first kappa shape index (κ1) is 7.74. The lowest BCUT2D eigenvalue weighted by Gasteiger charge is -2.16. The molecule has 1 atom stereocenters. The van der Waals surface area contributed by atoms with E-state index in [1.165, 1.54) is 6.08 Å². The molecule has 1 rings (SSSR count). The molecule has 0 aromatic carbocycles. The van der Waals surface area contributed by atoms with Crippen LogP contribution in [-0.2, 0) is 4.79 Å². The second kappa shape index (κ2) is 2.71. The standard InChI is InChI=1S/C6H9N3O2/c1-3-2-4(5(10)11)9-6(7)8-3/h2,6,9H,7H2,1H3,(H,10,11)/t6-/m0/s1. The van der Waals surface area contributed by atoms with E-state index in [2.05, 4.69) is 10.3 Å². The molecule has 0 amide bonds. The van der Waals surface area contributed by atoms with Crippen LogP contribution in [0, 0.1) is 0 Å². The molecule has 1 aliphatic rings. The van der Waals surface area contributed by atoms with Crippen LogP contribution in [0.3, 0.4) is 0 Å². The number of aliphatic carboxylic acids is 1. The number of hydrogen-bond acceptors (Lipinski definition) is 4. The van der Waals surface area contributed by atoms with Gasteiger partial charge in [0.2, 0.25) is 0 Å². The van der Waals surface area contributed by atoms with Crippen molar-refractivity contribution in [3.8, 4) is 0 Å². The lowest BCUT2D eigenvalue weighted by Crippen LogP contribution is -2.40. The lowest BCUT2D eigenvalue weighted by atomic mass is 10.3. The number of carboxylic acid groups (broad SMARTS) is 1. The highest BCUT2D eigenvalue weighted by molar-refractivity contribution is 6.01. The second-order valence-electron chi connectivity index (χ2n) is 2.22. The number of nitrogens with one attached hydrogen (secondary N) is 1. The average Bonchev–Trinajstić information content (AvgIpc) is 1.85. The molecule has 0 bridgehead atoms. The van der Waals surface area contributed by atoms with E-state index in [0.717, 1.165) is 0 Å². The molecule has 0 unspecified atom stereocenters. The first-order chi connectivity index (χ1) is 5.09. The summed E-state index contributed by atoms with van der Waals surface area (Å²) in [5.41, 5.74) is 6.06. The van der Waals surface area contributed by atoms with Gasteiger partial charge in [-0.2, -0.15) is 0 Å². The summed E-state index contributed by atoms with van der Waals surface area (Å²) < 4.78 is 0. The molecule has 0 fully saturated rings. The molecule has 60 valence electrons. The largest absolute Gasteiger partial charge is 0.477 e. The van der Waals surface area contributed by atoms with E-state index in [1.807, 2.05) is 0 Å². The summed E-state index contributed by atoms with van der Waals surface area (Å²) in [6, 6.07) is 0. The highest BCUT2D eigenvalue weighted by atomic mass is 16.4. The summed E-state index contributed by atoms with van der Waals surface area (Å²) in [6.45, 7) is 1.70. The van der Waals surface area contributed by atoms with Gasteiger partial charge in [-0.1, -0.05) is 0 Å². The Hall–Kier alpha value is -1.36. The monoisotopic (exact) mass is 155 g/mol. The number of nitrogens with zero attached hydrogens (tertiary/aromatic N) is 1. The van der Waals surface area contributed by atoms with Crippen LogP contribution in [-0.4, -0.2) is 23.1 Å². The molecular formula is C6H9N3O2. The highest BCUT2D eigenvalue weighted by Crippen LogP contribution is 1.99. The van der Waals surface area contributed by atoms with Gasteiger partial charge in [-0.15, -0.1) is 0 Å². The van der Waals surface area contributed by atoms with Crippen molar-refractivity contribution in [3.05, 3.63) is 11.8 Å². The fourth-order valence-corrected chi connectivity index (χ4v) is 0.822. The molecular weight excluding hydrogens is 146 g/mol. The zero-order valence-electron chi connectivity index (χ0n) is 6.03. The normalized spacial score (nSPS) is 23.3. The van der Waals surface area contributed by atoms with E-state index in [-0.39, 0.29) is 5.70 Å². The van der Waals surface area contributed by atoms with Crippen LogP contribution >= 0.6 is 0 Å². The van der Waals surface area contributed by atoms with Gasteiger partial charge in [0.25, 0.3) is 0 Å². The van der Waals surface area contributed by atoms with E-state index in [0.29, 0.717) is 5.71 Å². The van der Waals surface area contributed by atoms with Crippen molar-refractivity contribution in [3.63, 3.8) is 0 Å². The SMILES string of the molecule is CC1=N[C@H](N)NC(C(=O)O)=C1. The van der Waals surface area contributed by atoms with Crippen LogP contribution in [0.1, 0.15) is 6.92 Å². The van der Waals surface area contributed by atoms with Crippen LogP contribution in [0.5, 0.6) is 0 Å². The fourth-order valence-electron chi connectivity index (χ4n) is 0.822. The number of carbonyl (C=O) groups is 1. The van der Waals surface area contributed by atoms with Crippen LogP contribution < -0.4 is 11.1 Å². The average molecular weight is 155 g/mol. The Morgan fingerprint density at radius 3 is 3.00 bits per heavy atom. The molecule has 0 saturated carbocycles. The Morgan fingerprint density at radius 2 is 2.55 bits per heavy atom. The Morgan fingerprint density at radius 1 is 1.91 bits per heavy atom. The minimum atomic E-state index is -1.02. The summed E-state index contributed by atoms with van der Waals surface area (Å²) in [7, 11) is 0. The van der Waals surface area contributed by atoms with Gasteiger partial charge in [-0.3, -0.25) is 10.7 Å². The van der Waals surface area contributed by atoms with E-state index in [9.17, 15) is 4.79 Å². The van der Waals surface area contributed by atoms with Gasteiger partial charge in [0, 0.05) is 5.71 Å². The molecule has 0 aliphatic carbocycles. The number of rotatable bonds is 1. The number of carboxylic acids is 1. The van der Waals surface area contributed by atoms with Crippen molar-refractivity contribution >= 4 is 11.7 Å². The molecule has 0 spiro atoms. The van der Waals surface area contributed by atoms with Gasteiger partial charge >= 0.3 is 5.97 Å². The van der Waals surface area contributed by atoms with Crippen LogP contribution in [0.4, 0.5) is 0 Å². The van der Waals surface area contributed by atoms with E-state index < -0.39 is 12.3 Å². The minimum absolute atomic E-state index is 0.0880. The zero-order valence-corrected chi connectivity index (χ0v) is 6.03. The maximum atomic E-state index is 10.4. The predicted molar refractivity (Wildman–Crippen MR) is 39.9 cm³/mol. The molecule has 1 aliphatic heterocycles. The molecule has 0 saturated heterocycles. The fraction of sp³-hybridized carbons (Fsp3) is 0.333. The third-order valence-corrected chi connectivity index (χ3v) is 1.23. The van der Waals surface area contributed by atoms with Gasteiger partial charge < -0.3 is 10.4 Å². The Bertz CT molecular complexity index is 244. The van der Waals surface area contributed by atoms with Gasteiger partial charge in [0.1, 0.15) is 5.70 Å². The first-order valence-corrected chi connectivity index (χ1v) is 3.11. The zero-order chi connectivity index (χ0) is 8.43. The number of nitrogens with two attached hydrogens (primary N) is 1. The summed E-state index contributed by atoms with van der Waals surface area (Å²) in [5.74, 6) is -1.02. The Kier molecular flexibility index (Phi) is 1.91. The maximum absolute atomic E-state index is 10.4. The van der Waals surface area contributed by atoms with Crippen LogP contribution in [0.15, 0.2) is 16.8 Å². The van der Waals surface area contributed by atoms with E-state index in [4.69, 9.17) is 10.8 Å². The van der Waals surface area contributed by atoms with Crippen molar-refractivity contribution in [2.45, 2.75) is 13.2 Å². The number of allylic oxidation sites excluding steroid dienone is 1. The van der Waals surface area contributed by atoms with Gasteiger partial charge in [0.05, 0.1) is 0 Å². The van der Waals surface area contributed by atoms with Crippen molar-refractivity contribution < 1.29 is 9.90 Å². The van der Waals surface area contributed by atoms with Gasteiger partial charge in [-0.05, 0) is 13.0 Å². The molecule has 11 heavy (non-hydrogen) atoms. The maximum Gasteiger partial charge on any atom is 0.352 e. The van der Waals surface area contributed by atoms with E-state index in [1.54, 1.807) is 6.92 Å². The smallest absolute Gasteiger partial charge is 0.352 e. The molecule has 4 N–H and O–H groups in total. The van der Waals surface area contributed by atoms with Crippen molar-refractivity contribution in [2.75, 3.05) is 0 Å². The molecule has 1 heterocycles. The highest BCUT2D eigenvalue weighted by Gasteiger charge is 2.14. The minimum Gasteiger partial charge on any atom is -0.477 e. The van der Waals surface area contributed by atoms with Gasteiger partial charge in [0.15, 0.2) is 6.29 Å². The molecule has 5 heteroatoms. The summed E-state index contributed by atoms with van der Waals surface area (Å²) in [4.78, 5) is 14.3. The van der Waals surface area contributed by atoms with E-state index >= 15 is 0 Å². The van der Waals surface area contributed by atoms with Crippen LogP contribution in [0.2, 0.25) is 0 Å². The van der Waals surface area contributed by atoms with Crippen molar-refractivity contribution in [1.82, 2.24) is 5.32 Å². The number of aliphatic imine (C=N–C) groups is 1. The van der Waals surface area contributed by atoms with Crippen molar-refractivity contribution in [2.24, 2.45) is 10.7 Å². The molecule has 0 radical (unpaired) electrons. The topological polar surface area (TPSA) is 87.7 Å². The van der Waals surface area contributed by atoms with Crippen LogP contribution in [0.25, 0.3) is 0 Å². The molecule has 5 nitrogen and oxygen atoms in total. The van der Waals surface area contributed by atoms with Gasteiger partial charge in [-0.25, -0.2) is 4.79 Å². The lowest BCUT2D eigenvalue weighted by molar-refractivity contribution is -0.133. The summed E-state index contributed by atoms with van der Waals surface area (Å²) >= 11 is 0. The molecule has 0 aromatic rings. The number of hydrogen-bond donors (Lipinski definition) is 3. The Labute approximate surface area is 63.6 Å². The Balaban J connectivity index is 2.84.